The van der Waals surface area contributed by atoms with Crippen LogP contribution in [0, 0.1) is 5.82 Å². The number of halogens is 1. The lowest BCUT2D eigenvalue weighted by atomic mass is 9.88. The summed E-state index contributed by atoms with van der Waals surface area (Å²) in [5.74, 6) is 0.479. The monoisotopic (exact) mass is 434 g/mol. The minimum Gasteiger partial charge on any atom is -0.493 e. The fourth-order valence-electron chi connectivity index (χ4n) is 4.23. The van der Waals surface area contributed by atoms with Crippen LogP contribution in [0.15, 0.2) is 30.3 Å². The molecule has 5 atom stereocenters. The van der Waals surface area contributed by atoms with Gasteiger partial charge in [-0.25, -0.2) is 4.39 Å². The highest BCUT2D eigenvalue weighted by molar-refractivity contribution is 5.50. The third kappa shape index (κ3) is 4.26. The Morgan fingerprint density at radius 2 is 1.90 bits per heavy atom. The molecular formula is C23H27FO7. The maximum Gasteiger partial charge on any atom is 0.165 e. The van der Waals surface area contributed by atoms with Gasteiger partial charge in [-0.05, 0) is 53.4 Å². The molecule has 0 aliphatic carbocycles. The number of benzene rings is 2. The third-order valence-corrected chi connectivity index (χ3v) is 5.79. The second-order valence-electron chi connectivity index (χ2n) is 7.89. The van der Waals surface area contributed by atoms with Crippen molar-refractivity contribution in [3.8, 4) is 11.5 Å². The van der Waals surface area contributed by atoms with Crippen molar-refractivity contribution in [3.63, 3.8) is 0 Å². The van der Waals surface area contributed by atoms with E-state index in [1.54, 1.807) is 25.1 Å². The van der Waals surface area contributed by atoms with Crippen LogP contribution in [0.3, 0.4) is 0 Å². The molecule has 2 aliphatic heterocycles. The number of hydrogen-bond donors (Lipinski definition) is 4. The molecule has 2 heterocycles. The SMILES string of the molecule is CCOc1ccc(Cc2cc(C3OC(CO)C(O)C(O)C3O)cc3c2OCC3)cc1F. The first-order valence-corrected chi connectivity index (χ1v) is 10.4. The first kappa shape index (κ1) is 22.0. The summed E-state index contributed by atoms with van der Waals surface area (Å²) in [5.41, 5.74) is 3.05. The molecule has 1 saturated heterocycles. The molecule has 2 aliphatic rings. The summed E-state index contributed by atoms with van der Waals surface area (Å²) in [6.07, 6.45) is -5.10. The van der Waals surface area contributed by atoms with E-state index in [4.69, 9.17) is 14.2 Å². The van der Waals surface area contributed by atoms with E-state index in [1.807, 2.05) is 6.07 Å². The molecule has 0 radical (unpaired) electrons. The fraction of sp³-hybridized carbons (Fsp3) is 0.478. The van der Waals surface area contributed by atoms with Gasteiger partial charge in [0.2, 0.25) is 0 Å². The Hall–Kier alpha value is -2.23. The Bertz CT molecular complexity index is 932. The summed E-state index contributed by atoms with van der Waals surface area (Å²) in [6.45, 7) is 2.18. The Kier molecular flexibility index (Phi) is 6.45. The molecular weight excluding hydrogens is 407 g/mol. The van der Waals surface area contributed by atoms with Crippen molar-refractivity contribution in [1.82, 2.24) is 0 Å². The number of hydrogen-bond acceptors (Lipinski definition) is 7. The fourth-order valence-corrected chi connectivity index (χ4v) is 4.23. The average Bonchev–Trinajstić information content (AvgIpc) is 3.23. The van der Waals surface area contributed by atoms with Crippen LogP contribution in [0.25, 0.3) is 0 Å². The molecule has 8 heteroatoms. The van der Waals surface area contributed by atoms with Crippen LogP contribution in [0.4, 0.5) is 4.39 Å². The van der Waals surface area contributed by atoms with E-state index < -0.39 is 42.9 Å². The first-order valence-electron chi connectivity index (χ1n) is 10.4. The van der Waals surface area contributed by atoms with Gasteiger partial charge in [0.25, 0.3) is 0 Å². The lowest BCUT2D eigenvalue weighted by molar-refractivity contribution is -0.231. The second kappa shape index (κ2) is 9.10. The van der Waals surface area contributed by atoms with Gasteiger partial charge in [-0.3, -0.25) is 0 Å². The maximum absolute atomic E-state index is 14.3. The Morgan fingerprint density at radius 3 is 2.61 bits per heavy atom. The van der Waals surface area contributed by atoms with Crippen molar-refractivity contribution in [3.05, 3.63) is 58.4 Å². The summed E-state index contributed by atoms with van der Waals surface area (Å²) in [4.78, 5) is 0. The smallest absolute Gasteiger partial charge is 0.165 e. The summed E-state index contributed by atoms with van der Waals surface area (Å²) >= 11 is 0. The predicted octanol–water partition coefficient (Wildman–Crippen LogP) is 1.26. The maximum atomic E-state index is 14.3. The molecule has 2 aromatic carbocycles. The number of rotatable bonds is 6. The van der Waals surface area contributed by atoms with Crippen molar-refractivity contribution >= 4 is 0 Å². The zero-order chi connectivity index (χ0) is 22.1. The van der Waals surface area contributed by atoms with E-state index in [0.29, 0.717) is 31.6 Å². The van der Waals surface area contributed by atoms with Crippen LogP contribution in [0.1, 0.15) is 35.3 Å². The van der Waals surface area contributed by atoms with Crippen LogP contribution < -0.4 is 9.47 Å². The molecule has 5 unspecified atom stereocenters. The molecule has 31 heavy (non-hydrogen) atoms. The lowest BCUT2D eigenvalue weighted by Gasteiger charge is -2.40. The molecule has 0 aromatic heterocycles. The number of aliphatic hydroxyl groups is 4. The Labute approximate surface area is 179 Å². The molecule has 7 nitrogen and oxygen atoms in total. The molecule has 0 saturated carbocycles. The molecule has 4 N–H and O–H groups in total. The average molecular weight is 434 g/mol. The summed E-state index contributed by atoms with van der Waals surface area (Å²) < 4.78 is 31.1. The largest absolute Gasteiger partial charge is 0.493 e. The van der Waals surface area contributed by atoms with E-state index >= 15 is 0 Å². The molecule has 4 rings (SSSR count). The van der Waals surface area contributed by atoms with Crippen molar-refractivity contribution in [2.24, 2.45) is 0 Å². The van der Waals surface area contributed by atoms with E-state index in [2.05, 4.69) is 0 Å². The van der Waals surface area contributed by atoms with Crippen molar-refractivity contribution in [2.45, 2.75) is 50.3 Å². The van der Waals surface area contributed by atoms with Gasteiger partial charge in [0.15, 0.2) is 11.6 Å². The second-order valence-corrected chi connectivity index (χ2v) is 7.89. The zero-order valence-electron chi connectivity index (χ0n) is 17.2. The predicted molar refractivity (Wildman–Crippen MR) is 109 cm³/mol. The van der Waals surface area contributed by atoms with Crippen molar-refractivity contribution in [2.75, 3.05) is 19.8 Å². The summed E-state index contributed by atoms with van der Waals surface area (Å²) in [7, 11) is 0. The van der Waals surface area contributed by atoms with Crippen molar-refractivity contribution < 1.29 is 39.0 Å². The quantitative estimate of drug-likeness (QED) is 0.542. The standard InChI is InChI=1S/C23H27FO7/c1-2-29-17-4-3-12(8-16(17)24)7-14-10-15(9-13-5-6-30-22(13)14)23-21(28)20(27)19(26)18(11-25)31-23/h3-4,8-10,18-21,23,25-28H,2,5-7,11H2,1H3. The minimum atomic E-state index is -1.45. The normalized spacial score (nSPS) is 27.6. The molecule has 168 valence electrons. The van der Waals surface area contributed by atoms with Gasteiger partial charge < -0.3 is 34.6 Å². The van der Waals surface area contributed by atoms with Gasteiger partial charge in [0.05, 0.1) is 19.8 Å². The number of aliphatic hydroxyl groups excluding tert-OH is 4. The summed E-state index contributed by atoms with van der Waals surface area (Å²) in [5, 5.41) is 40.2. The van der Waals surface area contributed by atoms with Gasteiger partial charge in [-0.2, -0.15) is 0 Å². The zero-order valence-corrected chi connectivity index (χ0v) is 17.2. The highest BCUT2D eigenvalue weighted by Crippen LogP contribution is 2.39. The molecule has 2 aromatic rings. The van der Waals surface area contributed by atoms with Gasteiger partial charge in [0.1, 0.15) is 36.3 Å². The Morgan fingerprint density at radius 1 is 1.10 bits per heavy atom. The van der Waals surface area contributed by atoms with Crippen LogP contribution >= 0.6 is 0 Å². The van der Waals surface area contributed by atoms with E-state index in [0.717, 1.165) is 22.4 Å². The van der Waals surface area contributed by atoms with Crippen LogP contribution in [0.2, 0.25) is 0 Å². The van der Waals surface area contributed by atoms with E-state index in [1.165, 1.54) is 6.07 Å². The number of ether oxygens (including phenoxy) is 3. The molecule has 0 bridgehead atoms. The number of fused-ring (bicyclic) bond motifs is 1. The molecule has 0 amide bonds. The van der Waals surface area contributed by atoms with Gasteiger partial charge >= 0.3 is 0 Å². The Balaban J connectivity index is 1.66. The highest BCUT2D eigenvalue weighted by Gasteiger charge is 2.44. The van der Waals surface area contributed by atoms with Crippen LogP contribution in [0.5, 0.6) is 11.5 Å². The summed E-state index contributed by atoms with van der Waals surface area (Å²) in [6, 6.07) is 8.45. The van der Waals surface area contributed by atoms with Crippen LogP contribution in [-0.2, 0) is 17.6 Å². The van der Waals surface area contributed by atoms with Gasteiger partial charge in [-0.1, -0.05) is 6.07 Å². The first-order chi connectivity index (χ1) is 14.9. The van der Waals surface area contributed by atoms with Gasteiger partial charge in [0, 0.05) is 12.8 Å². The van der Waals surface area contributed by atoms with Gasteiger partial charge in [-0.15, -0.1) is 0 Å². The third-order valence-electron chi connectivity index (χ3n) is 5.79. The molecule has 0 spiro atoms. The van der Waals surface area contributed by atoms with Crippen molar-refractivity contribution in [1.29, 1.82) is 0 Å². The lowest BCUT2D eigenvalue weighted by Crippen LogP contribution is -2.55. The van der Waals surface area contributed by atoms with Crippen LogP contribution in [-0.4, -0.2) is 64.7 Å². The van der Waals surface area contributed by atoms with E-state index in [-0.39, 0.29) is 5.75 Å². The highest BCUT2D eigenvalue weighted by atomic mass is 19.1. The minimum absolute atomic E-state index is 0.197. The molecule has 1 fully saturated rings. The topological polar surface area (TPSA) is 109 Å². The van der Waals surface area contributed by atoms with E-state index in [9.17, 15) is 24.8 Å².